The van der Waals surface area contributed by atoms with E-state index in [1.165, 1.54) is 12.7 Å². The lowest BCUT2D eigenvalue weighted by Crippen LogP contribution is -2.40. The number of methoxy groups -OCH3 is 1. The Morgan fingerprint density at radius 1 is 0.714 bits per heavy atom. The molecule has 542 valence electrons. The Labute approximate surface area is 613 Å². The molecule has 0 unspecified atom stereocenters. The molecule has 1 aromatic heterocycles. The van der Waals surface area contributed by atoms with Crippen LogP contribution in [0.2, 0.25) is 0 Å². The number of benzene rings is 5. The molecule has 3 saturated carbocycles. The monoisotopic (exact) mass is 1410 g/mol. The molecule has 16 nitrogen and oxygen atoms in total. The number of aryl methyl sites for hydroxylation is 1. The number of fused-ring (bicyclic) bond motifs is 16. The van der Waals surface area contributed by atoms with Gasteiger partial charge in [-0.15, -0.1) is 0 Å². The van der Waals surface area contributed by atoms with Crippen LogP contribution in [0.25, 0.3) is 10.8 Å². The Kier molecular flexibility index (Phi) is 19.7. The van der Waals surface area contributed by atoms with Crippen LogP contribution in [0.3, 0.4) is 0 Å². The molecule has 17 bridgehead atoms. The zero-order valence-corrected chi connectivity index (χ0v) is 59.5. The molecule has 105 heavy (non-hydrogen) atoms. The molecular formula is C89H94N4O12. The first kappa shape index (κ1) is 70.3. The second-order valence-electron chi connectivity index (χ2n) is 32.0. The maximum atomic E-state index is 16.2. The van der Waals surface area contributed by atoms with Crippen molar-refractivity contribution in [1.29, 1.82) is 0 Å². The molecule has 3 heterocycles. The van der Waals surface area contributed by atoms with Gasteiger partial charge in [-0.3, -0.25) is 9.59 Å². The highest BCUT2D eigenvalue weighted by molar-refractivity contribution is 6.06. The van der Waals surface area contributed by atoms with Crippen LogP contribution in [-0.2, 0) is 35.3 Å². The van der Waals surface area contributed by atoms with Gasteiger partial charge in [-0.05, 0) is 204 Å². The van der Waals surface area contributed by atoms with Crippen molar-refractivity contribution < 1.29 is 60.3 Å². The molecule has 0 amide bonds. The number of β-amino-alcohol motifs (C(OH)–C–C–N with tert-alkyl or cyclic N) is 1. The van der Waals surface area contributed by atoms with E-state index < -0.39 is 101 Å². The number of allylic oxidation sites excluding steroid dienone is 3. The van der Waals surface area contributed by atoms with Gasteiger partial charge in [0.2, 0.25) is 0 Å². The Morgan fingerprint density at radius 2 is 1.55 bits per heavy atom. The molecule has 0 spiro atoms. The van der Waals surface area contributed by atoms with E-state index in [-0.39, 0.29) is 110 Å². The first-order valence-corrected chi connectivity index (χ1v) is 38.1. The van der Waals surface area contributed by atoms with E-state index in [4.69, 9.17) is 4.74 Å². The van der Waals surface area contributed by atoms with Gasteiger partial charge >= 0.3 is 0 Å². The molecule has 5 aromatic carbocycles. The van der Waals surface area contributed by atoms with Crippen LogP contribution in [0.1, 0.15) is 146 Å². The molecular weight excluding hydrogens is 1320 g/mol. The average Bonchev–Trinajstić information content (AvgIpc) is 1.76. The Hall–Kier alpha value is -9.04. The summed E-state index contributed by atoms with van der Waals surface area (Å²) in [6.45, 7) is 3.14. The normalized spacial score (nSPS) is 32.8. The summed E-state index contributed by atoms with van der Waals surface area (Å²) in [5, 5.41) is 123. The minimum Gasteiger partial charge on any atom is -0.508 e. The SMILES string of the molecule is COc1cc2c(cc1O)[C@H]1C#C[C@H]3C[C@@H]4C[C@@H](C[C@@H]3C(=O)[C@H](O)C(=O)CC2)[C@@H]2CC[C@H]3C[C@@H]5[C@H](C3)C3=C[C@@H]5C#CC5=C(NCC=C5[C@@H]4[C@@H](O)C#C[C@@H]4C[C@H](C[C@H](C(O)O)[C@H]4Cc4cccc(O)c4)c4ccccc41)Nc1ccc4ccc(c(O)c4c1)C[C@@H](O)CNC[C@@H](C)c1c[nH]c(c1C#CC3)C[C@@H]2O. The number of dihydropyridines is 1. The zero-order chi connectivity index (χ0) is 72.5. The third-order valence-electron chi connectivity index (χ3n) is 25.9. The summed E-state index contributed by atoms with van der Waals surface area (Å²) in [4.78, 5) is 34.8. The number of aromatic hydroxyl groups is 3. The molecule has 20 atom stereocenters. The standard InChI is InChI=1S/C89H94N4O12/c1-47-44-90-45-62(95)37-56-15-14-50-16-21-60(41-75(50)85(56)100)93-88-69-24-18-52-33-51-8-6-12-67-77(47)46-92-78(67)43-81(98)64(22-13-49-31-70(51)71(52)32-49)58-36-59-35-54-17-23-66(73-42-82(99)83(105-2)40-55(73)20-26-80(97)87(102)86(101)74(54)38-58)65-11-4-3-10-63(65)57-34-53(19-25-79(96)84(59)68(69)27-28-91-88)72(76(39-57)89(103)104)30-48-7-5-9-61(94)29-48/h3-5,7,9-11,14-16,21,27,29,33,40-42,46-47,49,52-54,57-59,62,64,66,70-72,74,76,79,81,84,87,89-96,98-100,102-104H,8,13,20,22,26,28,30-32,34-39,43-45H2,1-2H3/t47-,49-,52+,53-,54+,57-,58+,59-,62-,64+,66+,70-,71+,72+,74+,76+,79+,81+,84-,87-/m1/s1. The number of phenols is 3. The summed E-state index contributed by atoms with van der Waals surface area (Å²) in [6.07, 6.45) is 4.89. The summed E-state index contributed by atoms with van der Waals surface area (Å²) in [7, 11) is 1.45. The first-order valence-electron chi connectivity index (χ1n) is 38.1. The highest BCUT2D eigenvalue weighted by atomic mass is 16.5. The summed E-state index contributed by atoms with van der Waals surface area (Å²) < 4.78 is 5.74. The van der Waals surface area contributed by atoms with Crippen LogP contribution >= 0.6 is 0 Å². The summed E-state index contributed by atoms with van der Waals surface area (Å²) >= 11 is 0. The number of ether oxygens (including phenoxy) is 1. The molecule has 3 fully saturated rings. The molecule has 16 heteroatoms. The minimum atomic E-state index is -2.03. The molecule has 0 radical (unpaired) electrons. The quantitative estimate of drug-likeness (QED) is 0.0338. The Morgan fingerprint density at radius 3 is 2.39 bits per heavy atom. The summed E-state index contributed by atoms with van der Waals surface area (Å²) in [5.41, 5.74) is 9.93. The first-order chi connectivity index (χ1) is 50.9. The largest absolute Gasteiger partial charge is 0.508 e. The number of aromatic nitrogens is 1. The molecule has 16 rings (SSSR count). The van der Waals surface area contributed by atoms with E-state index >= 15 is 4.79 Å². The Bertz CT molecular complexity index is 4790. The second kappa shape index (κ2) is 29.4. The zero-order valence-electron chi connectivity index (χ0n) is 59.5. The fourth-order valence-electron chi connectivity index (χ4n) is 20.7. The van der Waals surface area contributed by atoms with E-state index in [2.05, 4.69) is 87.4 Å². The minimum absolute atomic E-state index is 0.0541. The van der Waals surface area contributed by atoms with Gasteiger partial charge in [0.1, 0.15) is 23.4 Å². The number of hydrogen-bond donors (Lipinski definition) is 13. The number of hydrogen-bond acceptors (Lipinski definition) is 15. The predicted molar refractivity (Wildman–Crippen MR) is 400 cm³/mol. The number of aliphatic hydroxyl groups excluding tert-OH is 5. The van der Waals surface area contributed by atoms with Crippen molar-refractivity contribution in [2.45, 2.75) is 152 Å². The van der Waals surface area contributed by atoms with Gasteiger partial charge in [-0.25, -0.2) is 0 Å². The van der Waals surface area contributed by atoms with Crippen molar-refractivity contribution in [1.82, 2.24) is 15.6 Å². The van der Waals surface area contributed by atoms with Gasteiger partial charge in [-0.1, -0.05) is 133 Å². The summed E-state index contributed by atoms with van der Waals surface area (Å²) in [6, 6.07) is 27.9. The number of carbonyl (C=O) groups is 2. The second-order valence-corrected chi connectivity index (χ2v) is 32.0. The predicted octanol–water partition coefficient (Wildman–Crippen LogP) is 10.2. The number of carbonyl (C=O) groups excluding carboxylic acids is 2. The van der Waals surface area contributed by atoms with Crippen molar-refractivity contribution >= 4 is 28.0 Å². The van der Waals surface area contributed by atoms with Crippen LogP contribution < -0.4 is 20.7 Å². The van der Waals surface area contributed by atoms with E-state index in [1.54, 1.807) is 30.3 Å². The topological polar surface area (TPSA) is 277 Å². The van der Waals surface area contributed by atoms with Crippen LogP contribution in [-0.4, -0.2) is 120 Å². The van der Waals surface area contributed by atoms with E-state index in [1.807, 2.05) is 66.9 Å². The van der Waals surface area contributed by atoms with Gasteiger partial charge in [0.05, 0.1) is 30.8 Å². The number of ketones is 2. The van der Waals surface area contributed by atoms with E-state index in [0.29, 0.717) is 89.8 Å². The third kappa shape index (κ3) is 13.8. The number of rotatable bonds is 4. The molecule has 13 N–H and O–H groups in total. The van der Waals surface area contributed by atoms with Crippen molar-refractivity contribution in [3.8, 4) is 70.4 Å². The van der Waals surface area contributed by atoms with Crippen LogP contribution in [0.4, 0.5) is 5.69 Å². The molecule has 6 aromatic rings. The van der Waals surface area contributed by atoms with Crippen molar-refractivity contribution in [2.75, 3.05) is 32.1 Å². The van der Waals surface area contributed by atoms with Gasteiger partial charge < -0.3 is 71.6 Å². The average molecular weight is 1410 g/mol. The highest BCUT2D eigenvalue weighted by Gasteiger charge is 2.50. The van der Waals surface area contributed by atoms with Crippen molar-refractivity contribution in [3.05, 3.63) is 182 Å². The number of anilines is 1. The van der Waals surface area contributed by atoms with Gasteiger partial charge in [-0.2, -0.15) is 0 Å². The lowest BCUT2D eigenvalue weighted by Gasteiger charge is -2.42. The molecule has 10 aliphatic rings. The van der Waals surface area contributed by atoms with Crippen LogP contribution in [0.15, 0.2) is 132 Å². The number of phenolic OH excluding ortho intramolecular Hbond substituents is 3. The molecule has 8 aliphatic carbocycles. The lowest BCUT2D eigenvalue weighted by atomic mass is 9.63. The van der Waals surface area contributed by atoms with Crippen LogP contribution in [0, 0.1) is 124 Å². The van der Waals surface area contributed by atoms with Gasteiger partial charge in [0, 0.05) is 109 Å². The van der Waals surface area contributed by atoms with Gasteiger partial charge in [0.25, 0.3) is 0 Å². The smallest absolute Gasteiger partial charge is 0.173 e. The number of aliphatic hydroxyl groups is 6. The third-order valence-corrected chi connectivity index (χ3v) is 25.9. The number of Topliss-reactive ketones (excluding diaryl/α,β-unsaturated/α-hetero) is 2. The number of aromatic amines is 1. The molecule has 2 aliphatic heterocycles. The molecule has 0 saturated heterocycles. The van der Waals surface area contributed by atoms with Crippen molar-refractivity contribution in [2.24, 2.45) is 76.9 Å². The lowest BCUT2D eigenvalue weighted by molar-refractivity contribution is -0.142. The van der Waals surface area contributed by atoms with Crippen molar-refractivity contribution in [3.63, 3.8) is 0 Å². The van der Waals surface area contributed by atoms with Crippen LogP contribution in [0.5, 0.6) is 23.0 Å². The van der Waals surface area contributed by atoms with E-state index in [0.717, 1.165) is 58.2 Å². The fourth-order valence-corrected chi connectivity index (χ4v) is 20.7. The number of nitrogens with one attached hydrogen (secondary N) is 4. The number of H-pyrrole nitrogens is 1. The Balaban J connectivity index is 0.974. The fraction of sp³-hybridized carbons (Fsp3) is 0.461. The maximum Gasteiger partial charge on any atom is 0.173 e. The van der Waals surface area contributed by atoms with Gasteiger partial charge in [0.15, 0.2) is 35.5 Å². The summed E-state index contributed by atoms with van der Waals surface area (Å²) in [5.74, 6) is 22.1. The maximum absolute atomic E-state index is 16.2. The van der Waals surface area contributed by atoms with E-state index in [9.17, 15) is 50.8 Å². The highest BCUT2D eigenvalue weighted by Crippen LogP contribution is 2.56.